The molecule has 1 fully saturated rings. The molecule has 1 aliphatic rings. The molecule has 0 radical (unpaired) electrons. The van der Waals surface area contributed by atoms with Gasteiger partial charge in [0.25, 0.3) is 0 Å². The van der Waals surface area contributed by atoms with E-state index in [-0.39, 0.29) is 42.3 Å². The largest absolute Gasteiger partial charge is 0.391 e. The molecular formula is C30H34N6O4S. The van der Waals surface area contributed by atoms with Gasteiger partial charge in [0, 0.05) is 37.0 Å². The highest BCUT2D eigenvalue weighted by molar-refractivity contribution is 7.13. The normalized spacial score (nSPS) is 18.4. The number of nitrogens with zero attached hydrogens (tertiary/aromatic N) is 4. The molecule has 4 aromatic rings. The van der Waals surface area contributed by atoms with Gasteiger partial charge in [-0.15, -0.1) is 11.3 Å². The van der Waals surface area contributed by atoms with Crippen LogP contribution in [0.25, 0.3) is 21.6 Å². The van der Waals surface area contributed by atoms with E-state index in [1.807, 2.05) is 57.5 Å². The van der Waals surface area contributed by atoms with Crippen LogP contribution in [0.15, 0.2) is 65.3 Å². The van der Waals surface area contributed by atoms with E-state index in [9.17, 15) is 19.5 Å². The number of nitrogens with one attached hydrogen (secondary N) is 2. The molecule has 10 nitrogen and oxygen atoms in total. The van der Waals surface area contributed by atoms with Crippen LogP contribution in [0.1, 0.15) is 50.5 Å². The Morgan fingerprint density at radius 3 is 2.54 bits per heavy atom. The fourth-order valence-electron chi connectivity index (χ4n) is 5.34. The van der Waals surface area contributed by atoms with Crippen LogP contribution in [0.4, 0.5) is 0 Å². The van der Waals surface area contributed by atoms with Crippen molar-refractivity contribution in [2.75, 3.05) is 6.54 Å². The first-order valence-corrected chi connectivity index (χ1v) is 14.5. The van der Waals surface area contributed by atoms with Crippen LogP contribution in [0.3, 0.4) is 0 Å². The Hall–Kier alpha value is -4.09. The molecule has 1 aliphatic heterocycles. The third-order valence-electron chi connectivity index (χ3n) is 7.52. The fraction of sp³-hybridized carbons (Fsp3) is 0.367. The summed E-state index contributed by atoms with van der Waals surface area (Å²) in [6, 6.07) is 9.45. The van der Waals surface area contributed by atoms with Crippen molar-refractivity contribution >= 4 is 23.2 Å². The van der Waals surface area contributed by atoms with Gasteiger partial charge < -0.3 is 20.3 Å². The number of β-amino-alcohol motifs (C(OH)–C–C–N with tert-alkyl or cyclic N) is 1. The number of rotatable bonds is 8. The minimum absolute atomic E-state index is 0.0691. The Morgan fingerprint density at radius 2 is 1.88 bits per heavy atom. The standard InChI is InChI=1S/C30H34N6O4S/c1-17(2)27(36-14-23(13-33-36)22-9-10-31-26(38)11-22)30(40)35-15-24(37)12-25(35)29(39)34-18(3)20-5-7-21(8-6-20)28-19(4)32-16-41-28/h5-11,13-14,16-18,24-25,27,37H,12,15H2,1-4H3,(H,31,38)(H,34,39)/t18-,24+,25-,27+/m0/s1. The van der Waals surface area contributed by atoms with E-state index >= 15 is 0 Å². The molecule has 4 atom stereocenters. The summed E-state index contributed by atoms with van der Waals surface area (Å²) in [6.45, 7) is 7.78. The van der Waals surface area contributed by atoms with Crippen molar-refractivity contribution in [3.63, 3.8) is 0 Å². The maximum absolute atomic E-state index is 13.9. The Morgan fingerprint density at radius 1 is 1.12 bits per heavy atom. The summed E-state index contributed by atoms with van der Waals surface area (Å²) in [6.07, 6.45) is 4.27. The second kappa shape index (κ2) is 11.8. The number of amides is 2. The quantitative estimate of drug-likeness (QED) is 0.294. The van der Waals surface area contributed by atoms with Crippen molar-refractivity contribution in [1.29, 1.82) is 0 Å². The van der Waals surface area contributed by atoms with Crippen molar-refractivity contribution in [2.45, 2.75) is 58.3 Å². The van der Waals surface area contributed by atoms with E-state index in [1.165, 1.54) is 11.0 Å². The van der Waals surface area contributed by atoms with Gasteiger partial charge >= 0.3 is 0 Å². The summed E-state index contributed by atoms with van der Waals surface area (Å²) in [7, 11) is 0. The van der Waals surface area contributed by atoms with Gasteiger partial charge in [-0.25, -0.2) is 4.98 Å². The zero-order valence-electron chi connectivity index (χ0n) is 23.4. The molecule has 3 N–H and O–H groups in total. The number of aliphatic hydroxyl groups is 1. The number of carbonyl (C=O) groups excluding carboxylic acids is 2. The maximum atomic E-state index is 13.9. The molecule has 0 saturated carbocycles. The number of benzene rings is 1. The lowest BCUT2D eigenvalue weighted by Gasteiger charge is -2.30. The van der Waals surface area contributed by atoms with E-state index in [4.69, 9.17) is 0 Å². The smallest absolute Gasteiger partial charge is 0.248 e. The number of H-pyrrole nitrogens is 1. The average molecular weight is 575 g/mol. The van der Waals surface area contributed by atoms with Crippen molar-refractivity contribution in [2.24, 2.45) is 5.92 Å². The third-order valence-corrected chi connectivity index (χ3v) is 8.50. The monoisotopic (exact) mass is 574 g/mol. The second-order valence-corrected chi connectivity index (χ2v) is 11.7. The lowest BCUT2D eigenvalue weighted by atomic mass is 10.0. The molecule has 0 spiro atoms. The summed E-state index contributed by atoms with van der Waals surface area (Å²) in [5, 5.41) is 18.0. The second-order valence-electron chi connectivity index (χ2n) is 10.9. The first-order valence-electron chi connectivity index (χ1n) is 13.6. The lowest BCUT2D eigenvalue weighted by molar-refractivity contribution is -0.142. The molecule has 41 heavy (non-hydrogen) atoms. The summed E-state index contributed by atoms with van der Waals surface area (Å²) in [5.41, 5.74) is 5.98. The van der Waals surface area contributed by atoms with Crippen LogP contribution >= 0.6 is 11.3 Å². The molecule has 1 aromatic carbocycles. The third kappa shape index (κ3) is 6.01. The number of aromatic nitrogens is 4. The Bertz CT molecular complexity index is 1590. The predicted molar refractivity (Wildman–Crippen MR) is 157 cm³/mol. The molecular weight excluding hydrogens is 540 g/mol. The number of hydrogen-bond donors (Lipinski definition) is 3. The van der Waals surface area contributed by atoms with Gasteiger partial charge in [-0.1, -0.05) is 38.1 Å². The van der Waals surface area contributed by atoms with Crippen LogP contribution < -0.4 is 10.9 Å². The molecule has 11 heteroatoms. The number of likely N-dealkylation sites (tertiary alicyclic amines) is 1. The van der Waals surface area contributed by atoms with Gasteiger partial charge in [-0.2, -0.15) is 5.10 Å². The van der Waals surface area contributed by atoms with E-state index in [2.05, 4.69) is 20.4 Å². The van der Waals surface area contributed by atoms with E-state index < -0.39 is 18.2 Å². The Balaban J connectivity index is 1.31. The van der Waals surface area contributed by atoms with Crippen LogP contribution in [-0.4, -0.2) is 60.3 Å². The zero-order valence-corrected chi connectivity index (χ0v) is 24.3. The van der Waals surface area contributed by atoms with Crippen LogP contribution in [-0.2, 0) is 9.59 Å². The number of pyridine rings is 1. The number of aryl methyl sites for hydroxylation is 1. The van der Waals surface area contributed by atoms with Gasteiger partial charge in [-0.05, 0) is 42.5 Å². The highest BCUT2D eigenvalue weighted by atomic mass is 32.1. The van der Waals surface area contributed by atoms with Gasteiger partial charge in [-0.3, -0.25) is 19.1 Å². The minimum Gasteiger partial charge on any atom is -0.391 e. The summed E-state index contributed by atoms with van der Waals surface area (Å²) >= 11 is 1.59. The molecule has 5 rings (SSSR count). The summed E-state index contributed by atoms with van der Waals surface area (Å²) < 4.78 is 1.58. The average Bonchev–Trinajstić information content (AvgIpc) is 3.69. The van der Waals surface area contributed by atoms with Gasteiger partial charge in [0.05, 0.1) is 34.4 Å². The van der Waals surface area contributed by atoms with Gasteiger partial charge in [0.2, 0.25) is 17.4 Å². The fourth-order valence-corrected chi connectivity index (χ4v) is 6.15. The lowest BCUT2D eigenvalue weighted by Crippen LogP contribution is -2.49. The van der Waals surface area contributed by atoms with Gasteiger partial charge in [0.15, 0.2) is 0 Å². The Labute approximate surface area is 242 Å². The van der Waals surface area contributed by atoms with E-state index in [0.29, 0.717) is 11.1 Å². The highest BCUT2D eigenvalue weighted by Crippen LogP contribution is 2.30. The van der Waals surface area contributed by atoms with Crippen molar-refractivity contribution in [3.8, 4) is 21.6 Å². The zero-order chi connectivity index (χ0) is 29.3. The number of aromatic amines is 1. The molecule has 2 amide bonds. The molecule has 3 aromatic heterocycles. The van der Waals surface area contributed by atoms with E-state index in [0.717, 1.165) is 21.7 Å². The summed E-state index contributed by atoms with van der Waals surface area (Å²) in [4.78, 5) is 48.6. The molecule has 0 bridgehead atoms. The molecule has 4 heterocycles. The number of aliphatic hydroxyl groups excluding tert-OH is 1. The predicted octanol–water partition coefficient (Wildman–Crippen LogP) is 3.71. The molecule has 214 valence electrons. The number of carbonyl (C=O) groups is 2. The van der Waals surface area contributed by atoms with Crippen molar-refractivity contribution in [3.05, 3.63) is 82.1 Å². The highest BCUT2D eigenvalue weighted by Gasteiger charge is 2.42. The molecule has 1 saturated heterocycles. The van der Waals surface area contributed by atoms with Crippen LogP contribution in [0.5, 0.6) is 0 Å². The Kier molecular flexibility index (Phi) is 8.18. The van der Waals surface area contributed by atoms with E-state index in [1.54, 1.807) is 40.7 Å². The minimum atomic E-state index is -0.803. The first kappa shape index (κ1) is 28.4. The SMILES string of the molecule is Cc1ncsc1-c1ccc([C@H](C)NC(=O)[C@@H]2C[C@@H](O)CN2C(=O)[C@@H](C(C)C)n2cc(-c3cc[nH]c(=O)c3)cn2)cc1. The number of thiazole rings is 1. The van der Waals surface area contributed by atoms with Crippen molar-refractivity contribution < 1.29 is 14.7 Å². The topological polar surface area (TPSA) is 133 Å². The number of hydrogen-bond acceptors (Lipinski definition) is 7. The maximum Gasteiger partial charge on any atom is 0.248 e. The van der Waals surface area contributed by atoms with Crippen molar-refractivity contribution in [1.82, 2.24) is 30.0 Å². The molecule has 0 aliphatic carbocycles. The van der Waals surface area contributed by atoms with Crippen LogP contribution in [0, 0.1) is 12.8 Å². The first-order chi connectivity index (χ1) is 19.6. The van der Waals surface area contributed by atoms with Gasteiger partial charge in [0.1, 0.15) is 12.1 Å². The van der Waals surface area contributed by atoms with Crippen LogP contribution in [0.2, 0.25) is 0 Å². The summed E-state index contributed by atoms with van der Waals surface area (Å²) in [5.74, 6) is -0.735. The molecule has 0 unspecified atom stereocenters.